The molecule has 1 unspecified atom stereocenters. The number of hydrogen-bond donors (Lipinski definition) is 1. The van der Waals surface area contributed by atoms with Crippen molar-refractivity contribution in [2.45, 2.75) is 83.7 Å². The van der Waals surface area contributed by atoms with Crippen molar-refractivity contribution in [1.29, 1.82) is 0 Å². The summed E-state index contributed by atoms with van der Waals surface area (Å²) in [4.78, 5) is 12.6. The lowest BCUT2D eigenvalue weighted by Crippen LogP contribution is -2.43. The minimum Gasteiger partial charge on any atom is -0.375 e. The molecule has 3 nitrogen and oxygen atoms in total. The van der Waals surface area contributed by atoms with Gasteiger partial charge in [0.05, 0.1) is 5.60 Å². The fourth-order valence-corrected chi connectivity index (χ4v) is 4.03. The molecule has 0 aromatic heterocycles. The first kappa shape index (κ1) is 17.0. The Bertz CT molecular complexity index is 340. The molecule has 0 radical (unpaired) electrons. The number of Topliss-reactive ketones (excluding diaryl/α,β-unsaturated/α-hetero) is 1. The Kier molecular flexibility index (Phi) is 5.84. The molecule has 1 spiro atoms. The molecule has 2 fully saturated rings. The van der Waals surface area contributed by atoms with E-state index in [2.05, 4.69) is 13.8 Å². The summed E-state index contributed by atoms with van der Waals surface area (Å²) in [6, 6.07) is 0. The molecule has 3 heteroatoms. The first-order valence-corrected chi connectivity index (χ1v) is 8.83. The molecule has 0 bridgehead atoms. The van der Waals surface area contributed by atoms with E-state index in [0.717, 1.165) is 45.1 Å². The van der Waals surface area contributed by atoms with Crippen LogP contribution in [0.1, 0.15) is 78.1 Å². The summed E-state index contributed by atoms with van der Waals surface area (Å²) in [7, 11) is 0. The zero-order valence-electron chi connectivity index (χ0n) is 14.0. The fraction of sp³-hybridized carbons (Fsp3) is 0.944. The Hall–Kier alpha value is -0.410. The number of rotatable bonds is 6. The molecule has 1 saturated heterocycles. The van der Waals surface area contributed by atoms with Gasteiger partial charge >= 0.3 is 0 Å². The van der Waals surface area contributed by atoms with Crippen LogP contribution in [-0.4, -0.2) is 24.5 Å². The third kappa shape index (κ3) is 4.79. The van der Waals surface area contributed by atoms with Gasteiger partial charge in [0.25, 0.3) is 0 Å². The van der Waals surface area contributed by atoms with Crippen LogP contribution in [0.4, 0.5) is 0 Å². The van der Waals surface area contributed by atoms with E-state index < -0.39 is 0 Å². The second kappa shape index (κ2) is 7.23. The van der Waals surface area contributed by atoms with Gasteiger partial charge in [-0.15, -0.1) is 0 Å². The molecular formula is C18H33NO2. The molecule has 1 saturated carbocycles. The van der Waals surface area contributed by atoms with Crippen LogP contribution in [0.5, 0.6) is 0 Å². The number of ketones is 1. The molecule has 1 aliphatic heterocycles. The Morgan fingerprint density at radius 1 is 1.24 bits per heavy atom. The molecule has 2 N–H and O–H groups in total. The van der Waals surface area contributed by atoms with Gasteiger partial charge in [-0.1, -0.05) is 33.1 Å². The van der Waals surface area contributed by atoms with E-state index in [1.807, 2.05) is 0 Å². The number of hydrogen-bond acceptors (Lipinski definition) is 3. The zero-order chi connectivity index (χ0) is 15.3. The lowest BCUT2D eigenvalue weighted by Gasteiger charge is -2.43. The van der Waals surface area contributed by atoms with Gasteiger partial charge in [0.15, 0.2) is 0 Å². The van der Waals surface area contributed by atoms with Crippen molar-refractivity contribution >= 4 is 5.78 Å². The molecule has 1 atom stereocenters. The lowest BCUT2D eigenvalue weighted by atomic mass is 9.73. The van der Waals surface area contributed by atoms with E-state index in [0.29, 0.717) is 18.7 Å². The maximum Gasteiger partial charge on any atom is 0.136 e. The van der Waals surface area contributed by atoms with E-state index >= 15 is 0 Å². The van der Waals surface area contributed by atoms with Crippen LogP contribution in [0.3, 0.4) is 0 Å². The highest BCUT2D eigenvalue weighted by atomic mass is 16.5. The normalized spacial score (nSPS) is 26.0. The maximum atomic E-state index is 12.6. The summed E-state index contributed by atoms with van der Waals surface area (Å²) in [6.45, 7) is 5.93. The summed E-state index contributed by atoms with van der Waals surface area (Å²) in [6.07, 6.45) is 10.8. The van der Waals surface area contributed by atoms with E-state index in [1.165, 1.54) is 19.3 Å². The Morgan fingerprint density at radius 2 is 1.95 bits per heavy atom. The second-order valence-electron chi connectivity index (χ2n) is 7.95. The molecule has 21 heavy (non-hydrogen) atoms. The Labute approximate surface area is 130 Å². The van der Waals surface area contributed by atoms with Gasteiger partial charge in [0, 0.05) is 18.9 Å². The van der Waals surface area contributed by atoms with Crippen LogP contribution in [0.2, 0.25) is 0 Å². The summed E-state index contributed by atoms with van der Waals surface area (Å²) >= 11 is 0. The molecule has 122 valence electrons. The van der Waals surface area contributed by atoms with Gasteiger partial charge < -0.3 is 10.5 Å². The van der Waals surface area contributed by atoms with Gasteiger partial charge in [-0.3, -0.25) is 4.79 Å². The van der Waals surface area contributed by atoms with Gasteiger partial charge in [0.1, 0.15) is 5.78 Å². The molecule has 1 aliphatic carbocycles. The topological polar surface area (TPSA) is 52.3 Å². The smallest absolute Gasteiger partial charge is 0.136 e. The predicted octanol–water partition coefficient (Wildman–Crippen LogP) is 3.84. The van der Waals surface area contributed by atoms with Gasteiger partial charge in [-0.05, 0) is 50.5 Å². The number of carbonyl (C=O) groups is 1. The first-order chi connectivity index (χ1) is 9.96. The van der Waals surface area contributed by atoms with Crippen molar-refractivity contribution < 1.29 is 9.53 Å². The van der Waals surface area contributed by atoms with Crippen molar-refractivity contribution in [3.8, 4) is 0 Å². The molecule has 0 amide bonds. The highest BCUT2D eigenvalue weighted by Gasteiger charge is 2.40. The third-order valence-electron chi connectivity index (χ3n) is 5.58. The molecule has 2 aliphatic rings. The highest BCUT2D eigenvalue weighted by molar-refractivity contribution is 5.81. The minimum absolute atomic E-state index is 0.0452. The van der Waals surface area contributed by atoms with Crippen molar-refractivity contribution in [3.05, 3.63) is 0 Å². The first-order valence-electron chi connectivity index (χ1n) is 8.83. The van der Waals surface area contributed by atoms with Gasteiger partial charge in [-0.25, -0.2) is 0 Å². The predicted molar refractivity (Wildman–Crippen MR) is 86.2 cm³/mol. The van der Waals surface area contributed by atoms with Crippen molar-refractivity contribution in [3.63, 3.8) is 0 Å². The Balaban J connectivity index is 1.84. The van der Waals surface area contributed by atoms with E-state index in [4.69, 9.17) is 10.5 Å². The number of nitrogens with two attached hydrogens (primary N) is 1. The van der Waals surface area contributed by atoms with E-state index in [9.17, 15) is 4.79 Å². The lowest BCUT2D eigenvalue weighted by molar-refractivity contribution is -0.143. The zero-order valence-corrected chi connectivity index (χ0v) is 14.0. The molecule has 2 rings (SSSR count). The van der Waals surface area contributed by atoms with E-state index in [-0.39, 0.29) is 16.9 Å². The van der Waals surface area contributed by atoms with Crippen molar-refractivity contribution in [2.24, 2.45) is 17.1 Å². The van der Waals surface area contributed by atoms with Crippen molar-refractivity contribution in [1.82, 2.24) is 0 Å². The second-order valence-corrected chi connectivity index (χ2v) is 7.95. The maximum absolute atomic E-state index is 12.6. The number of ether oxygens (including phenoxy) is 1. The molecule has 0 aromatic carbocycles. The summed E-state index contributed by atoms with van der Waals surface area (Å²) < 4.78 is 6.10. The standard InChI is InChI=1S/C18H33NO2/c1-17(2,11-12-19)10-6-16(20)15-7-13-21-18(14-15)8-4-3-5-9-18/h15H,3-14,19H2,1-2H3. The van der Waals surface area contributed by atoms with Crippen LogP contribution in [0.25, 0.3) is 0 Å². The van der Waals surface area contributed by atoms with Crippen molar-refractivity contribution in [2.75, 3.05) is 13.2 Å². The van der Waals surface area contributed by atoms with Gasteiger partial charge in [0.2, 0.25) is 0 Å². The van der Waals surface area contributed by atoms with E-state index in [1.54, 1.807) is 0 Å². The third-order valence-corrected chi connectivity index (χ3v) is 5.58. The monoisotopic (exact) mass is 295 g/mol. The van der Waals surface area contributed by atoms with Crippen LogP contribution < -0.4 is 5.73 Å². The van der Waals surface area contributed by atoms with Crippen LogP contribution in [-0.2, 0) is 9.53 Å². The molecule has 0 aromatic rings. The van der Waals surface area contributed by atoms with Gasteiger partial charge in [-0.2, -0.15) is 0 Å². The fourth-order valence-electron chi connectivity index (χ4n) is 4.03. The quantitative estimate of drug-likeness (QED) is 0.810. The van der Waals surface area contributed by atoms with Crippen LogP contribution in [0, 0.1) is 11.3 Å². The minimum atomic E-state index is 0.0452. The Morgan fingerprint density at radius 3 is 2.62 bits per heavy atom. The summed E-state index contributed by atoms with van der Waals surface area (Å²) in [5.41, 5.74) is 5.89. The highest BCUT2D eigenvalue weighted by Crippen LogP contribution is 2.41. The molecule has 1 heterocycles. The molecular weight excluding hydrogens is 262 g/mol. The van der Waals surface area contributed by atoms with Crippen LogP contribution in [0.15, 0.2) is 0 Å². The summed E-state index contributed by atoms with van der Waals surface area (Å²) in [5.74, 6) is 0.707. The number of carbonyl (C=O) groups excluding carboxylic acids is 1. The average molecular weight is 295 g/mol. The SMILES string of the molecule is CC(C)(CCN)CCC(=O)C1CCOC2(CCCCC2)C1. The largest absolute Gasteiger partial charge is 0.375 e. The average Bonchev–Trinajstić information content (AvgIpc) is 2.46. The summed E-state index contributed by atoms with van der Waals surface area (Å²) in [5, 5.41) is 0. The van der Waals surface area contributed by atoms with Crippen LogP contribution >= 0.6 is 0 Å².